The maximum absolute atomic E-state index is 12.3. The molecule has 1 fully saturated rings. The van der Waals surface area contributed by atoms with Gasteiger partial charge in [0.2, 0.25) is 5.88 Å². The summed E-state index contributed by atoms with van der Waals surface area (Å²) in [6.45, 7) is 1.44. The standard InChI is InChI=1S/C9H10F3N3O.ClH/c10-9(11,12)7-3-8(15-5-14-7)16-6-1-2-13-4-6;/h3,5-6,13H,1-2,4H2;1H. The molecule has 0 aliphatic carbocycles. The largest absolute Gasteiger partial charge is 0.473 e. The summed E-state index contributed by atoms with van der Waals surface area (Å²) in [6, 6.07) is 0.818. The van der Waals surface area contributed by atoms with Crippen LogP contribution in [0.5, 0.6) is 5.88 Å². The lowest BCUT2D eigenvalue weighted by Gasteiger charge is -2.12. The molecule has 1 N–H and O–H groups in total. The van der Waals surface area contributed by atoms with Gasteiger partial charge in [-0.05, 0) is 13.0 Å². The second-order valence-corrected chi connectivity index (χ2v) is 3.47. The summed E-state index contributed by atoms with van der Waals surface area (Å²) in [5.74, 6) is -0.0315. The van der Waals surface area contributed by atoms with Gasteiger partial charge in [0.15, 0.2) is 5.69 Å². The topological polar surface area (TPSA) is 47.0 Å². The third-order valence-electron chi connectivity index (χ3n) is 2.23. The molecule has 0 amide bonds. The van der Waals surface area contributed by atoms with Crippen LogP contribution >= 0.6 is 12.4 Å². The van der Waals surface area contributed by atoms with Crippen molar-refractivity contribution in [1.82, 2.24) is 15.3 Å². The second-order valence-electron chi connectivity index (χ2n) is 3.47. The van der Waals surface area contributed by atoms with Crippen LogP contribution in [0.2, 0.25) is 0 Å². The minimum absolute atomic E-state index is 0. The molecule has 8 heteroatoms. The highest BCUT2D eigenvalue weighted by Gasteiger charge is 2.33. The number of alkyl halides is 3. The average molecular weight is 270 g/mol. The van der Waals surface area contributed by atoms with Gasteiger partial charge < -0.3 is 10.1 Å². The number of nitrogens with one attached hydrogen (secondary N) is 1. The number of aromatic nitrogens is 2. The molecule has 17 heavy (non-hydrogen) atoms. The Morgan fingerprint density at radius 2 is 2.12 bits per heavy atom. The van der Waals surface area contributed by atoms with Crippen molar-refractivity contribution in [2.45, 2.75) is 18.7 Å². The van der Waals surface area contributed by atoms with E-state index in [4.69, 9.17) is 4.74 Å². The molecule has 1 aliphatic heterocycles. The molecule has 0 saturated carbocycles. The van der Waals surface area contributed by atoms with Gasteiger partial charge in [-0.1, -0.05) is 0 Å². The smallest absolute Gasteiger partial charge is 0.433 e. The molecule has 0 spiro atoms. The van der Waals surface area contributed by atoms with Crippen molar-refractivity contribution in [2.75, 3.05) is 13.1 Å². The summed E-state index contributed by atoms with van der Waals surface area (Å²) in [4.78, 5) is 6.81. The quantitative estimate of drug-likeness (QED) is 0.887. The van der Waals surface area contributed by atoms with Gasteiger partial charge in [0.05, 0.1) is 0 Å². The molecule has 2 heterocycles. The molecule has 96 valence electrons. The van der Waals surface area contributed by atoms with Gasteiger partial charge in [-0.2, -0.15) is 13.2 Å². The number of nitrogens with zero attached hydrogens (tertiary/aromatic N) is 2. The van der Waals surface area contributed by atoms with Gasteiger partial charge in [-0.15, -0.1) is 12.4 Å². The first-order valence-corrected chi connectivity index (χ1v) is 4.82. The summed E-state index contributed by atoms with van der Waals surface area (Å²) in [5, 5.41) is 3.05. The van der Waals surface area contributed by atoms with Crippen molar-refractivity contribution >= 4 is 12.4 Å². The minimum atomic E-state index is -4.46. The number of ether oxygens (including phenoxy) is 1. The van der Waals surface area contributed by atoms with Crippen LogP contribution in [0.25, 0.3) is 0 Å². The van der Waals surface area contributed by atoms with Crippen LogP contribution in [0.3, 0.4) is 0 Å². The summed E-state index contributed by atoms with van der Waals surface area (Å²) in [5.41, 5.74) is -0.983. The molecular formula is C9H11ClF3N3O. The zero-order chi connectivity index (χ0) is 11.6. The summed E-state index contributed by atoms with van der Waals surface area (Å²) < 4.78 is 42.3. The summed E-state index contributed by atoms with van der Waals surface area (Å²) in [6.07, 6.45) is -2.95. The zero-order valence-electron chi connectivity index (χ0n) is 8.70. The molecule has 1 saturated heterocycles. The SMILES string of the molecule is Cl.FC(F)(F)c1cc(OC2CCNC2)ncn1. The van der Waals surface area contributed by atoms with E-state index in [1.165, 1.54) is 0 Å². The normalized spacial score (nSPS) is 19.8. The Morgan fingerprint density at radius 1 is 1.35 bits per heavy atom. The van der Waals surface area contributed by atoms with Gasteiger partial charge in [0.25, 0.3) is 0 Å². The Bertz CT molecular complexity index is 369. The van der Waals surface area contributed by atoms with E-state index in [-0.39, 0.29) is 24.4 Å². The van der Waals surface area contributed by atoms with Crippen LogP contribution < -0.4 is 10.1 Å². The molecule has 1 unspecified atom stereocenters. The first kappa shape index (κ1) is 14.0. The van der Waals surface area contributed by atoms with E-state index in [2.05, 4.69) is 15.3 Å². The molecule has 0 aromatic carbocycles. The highest BCUT2D eigenvalue weighted by atomic mass is 35.5. The monoisotopic (exact) mass is 269 g/mol. The fraction of sp³-hybridized carbons (Fsp3) is 0.556. The lowest BCUT2D eigenvalue weighted by molar-refractivity contribution is -0.141. The van der Waals surface area contributed by atoms with Gasteiger partial charge >= 0.3 is 6.18 Å². The Hall–Kier alpha value is -1.08. The predicted molar refractivity (Wildman–Crippen MR) is 56.2 cm³/mol. The van der Waals surface area contributed by atoms with Crippen LogP contribution in [0.15, 0.2) is 12.4 Å². The van der Waals surface area contributed by atoms with E-state index in [0.29, 0.717) is 6.54 Å². The van der Waals surface area contributed by atoms with Gasteiger partial charge in [0, 0.05) is 12.6 Å². The molecule has 1 aromatic rings. The van der Waals surface area contributed by atoms with E-state index < -0.39 is 11.9 Å². The summed E-state index contributed by atoms with van der Waals surface area (Å²) in [7, 11) is 0. The molecule has 4 nitrogen and oxygen atoms in total. The Labute approximate surface area is 102 Å². The minimum Gasteiger partial charge on any atom is -0.473 e. The van der Waals surface area contributed by atoms with Crippen LogP contribution in [0.1, 0.15) is 12.1 Å². The van der Waals surface area contributed by atoms with E-state index in [9.17, 15) is 13.2 Å². The Kier molecular flexibility index (Phi) is 4.53. The van der Waals surface area contributed by atoms with Gasteiger partial charge in [-0.3, -0.25) is 0 Å². The number of rotatable bonds is 2. The zero-order valence-corrected chi connectivity index (χ0v) is 9.51. The maximum Gasteiger partial charge on any atom is 0.433 e. The highest BCUT2D eigenvalue weighted by molar-refractivity contribution is 5.85. The van der Waals surface area contributed by atoms with Gasteiger partial charge in [0.1, 0.15) is 12.4 Å². The first-order chi connectivity index (χ1) is 7.55. The van der Waals surface area contributed by atoms with E-state index in [1.807, 2.05) is 0 Å². The number of halogens is 4. The second kappa shape index (κ2) is 5.50. The number of hydrogen-bond acceptors (Lipinski definition) is 4. The Morgan fingerprint density at radius 3 is 2.71 bits per heavy atom. The van der Waals surface area contributed by atoms with E-state index in [0.717, 1.165) is 25.4 Å². The molecule has 2 rings (SSSR count). The van der Waals surface area contributed by atoms with Crippen molar-refractivity contribution in [2.24, 2.45) is 0 Å². The number of hydrogen-bond donors (Lipinski definition) is 1. The van der Waals surface area contributed by atoms with Crippen molar-refractivity contribution in [3.05, 3.63) is 18.1 Å². The fourth-order valence-electron chi connectivity index (χ4n) is 1.46. The average Bonchev–Trinajstić information content (AvgIpc) is 2.70. The van der Waals surface area contributed by atoms with Crippen molar-refractivity contribution in [3.8, 4) is 5.88 Å². The predicted octanol–water partition coefficient (Wildman–Crippen LogP) is 1.66. The summed E-state index contributed by atoms with van der Waals surface area (Å²) >= 11 is 0. The fourth-order valence-corrected chi connectivity index (χ4v) is 1.46. The first-order valence-electron chi connectivity index (χ1n) is 4.82. The highest BCUT2D eigenvalue weighted by Crippen LogP contribution is 2.28. The lowest BCUT2D eigenvalue weighted by Crippen LogP contribution is -2.20. The third-order valence-corrected chi connectivity index (χ3v) is 2.23. The van der Waals surface area contributed by atoms with E-state index in [1.54, 1.807) is 0 Å². The van der Waals surface area contributed by atoms with Crippen LogP contribution in [0.4, 0.5) is 13.2 Å². The molecule has 1 aliphatic rings. The molecule has 0 radical (unpaired) electrons. The Balaban J connectivity index is 0.00000144. The van der Waals surface area contributed by atoms with Gasteiger partial charge in [-0.25, -0.2) is 9.97 Å². The van der Waals surface area contributed by atoms with E-state index >= 15 is 0 Å². The van der Waals surface area contributed by atoms with Crippen molar-refractivity contribution in [1.29, 1.82) is 0 Å². The van der Waals surface area contributed by atoms with Crippen LogP contribution in [-0.2, 0) is 6.18 Å². The molecule has 1 atom stereocenters. The molecule has 1 aromatic heterocycles. The molecule has 0 bridgehead atoms. The lowest BCUT2D eigenvalue weighted by atomic mass is 10.3. The maximum atomic E-state index is 12.3. The third kappa shape index (κ3) is 3.71. The van der Waals surface area contributed by atoms with Crippen molar-refractivity contribution in [3.63, 3.8) is 0 Å². The van der Waals surface area contributed by atoms with Crippen LogP contribution in [0, 0.1) is 0 Å². The van der Waals surface area contributed by atoms with Crippen molar-refractivity contribution < 1.29 is 17.9 Å². The molecular weight excluding hydrogens is 259 g/mol. The van der Waals surface area contributed by atoms with Crippen LogP contribution in [-0.4, -0.2) is 29.2 Å².